The summed E-state index contributed by atoms with van der Waals surface area (Å²) in [6.07, 6.45) is 6.68. The molecule has 1 heterocycles. The summed E-state index contributed by atoms with van der Waals surface area (Å²) in [4.78, 5) is 69.4. The second-order valence-corrected chi connectivity index (χ2v) is 15.5. The van der Waals surface area contributed by atoms with E-state index in [0.717, 1.165) is 47.9 Å². The Balaban J connectivity index is 1.00. The molecule has 59 heavy (non-hydrogen) atoms. The SMILES string of the molecule is N[C@H](C(=O)N1CCNC[C@H]1CN(CCc1ccccc1)C(=O)CNC(=O)c1ccc(-c2ccc(C(=O)NCC(=O)NCCc3ccccc3)cc2)cc1)C1CCCCC1. The molecular formula is C47H57N7O5. The Morgan fingerprint density at radius 2 is 1.25 bits per heavy atom. The van der Waals surface area contributed by atoms with Crippen molar-refractivity contribution in [3.8, 4) is 11.1 Å². The molecule has 1 aliphatic carbocycles. The molecule has 0 unspecified atom stereocenters. The van der Waals surface area contributed by atoms with Gasteiger partial charge in [-0.15, -0.1) is 0 Å². The predicted molar refractivity (Wildman–Crippen MR) is 229 cm³/mol. The lowest BCUT2D eigenvalue weighted by Crippen LogP contribution is -2.62. The van der Waals surface area contributed by atoms with Crippen molar-refractivity contribution in [1.82, 2.24) is 31.1 Å². The first-order valence-corrected chi connectivity index (χ1v) is 20.9. The summed E-state index contributed by atoms with van der Waals surface area (Å²) in [6, 6.07) is 33.1. The van der Waals surface area contributed by atoms with Crippen LogP contribution in [0.1, 0.15) is 63.9 Å². The molecule has 5 amide bonds. The molecular weight excluding hydrogens is 743 g/mol. The van der Waals surface area contributed by atoms with E-state index in [1.54, 1.807) is 29.2 Å². The first kappa shape index (κ1) is 42.7. The van der Waals surface area contributed by atoms with Crippen LogP contribution < -0.4 is 27.0 Å². The maximum absolute atomic E-state index is 13.8. The van der Waals surface area contributed by atoms with Crippen molar-refractivity contribution in [2.75, 3.05) is 52.4 Å². The highest BCUT2D eigenvalue weighted by molar-refractivity contribution is 5.98. The first-order valence-electron chi connectivity index (χ1n) is 20.9. The van der Waals surface area contributed by atoms with Crippen LogP contribution in [0, 0.1) is 5.92 Å². The molecule has 2 aliphatic rings. The van der Waals surface area contributed by atoms with Crippen LogP contribution in [0.15, 0.2) is 109 Å². The lowest BCUT2D eigenvalue weighted by molar-refractivity contribution is -0.140. The van der Waals surface area contributed by atoms with E-state index in [2.05, 4.69) is 21.3 Å². The molecule has 1 saturated heterocycles. The van der Waals surface area contributed by atoms with Gasteiger partial charge in [0.05, 0.1) is 25.2 Å². The van der Waals surface area contributed by atoms with E-state index < -0.39 is 6.04 Å². The molecule has 0 aromatic heterocycles. The monoisotopic (exact) mass is 799 g/mol. The fraction of sp³-hybridized carbons (Fsp3) is 0.383. The Bertz CT molecular complexity index is 1990. The van der Waals surface area contributed by atoms with E-state index in [1.807, 2.05) is 89.8 Å². The average Bonchev–Trinajstić information content (AvgIpc) is 3.29. The summed E-state index contributed by atoms with van der Waals surface area (Å²) in [6.45, 7) is 2.70. The van der Waals surface area contributed by atoms with Crippen molar-refractivity contribution >= 4 is 29.5 Å². The fourth-order valence-electron chi connectivity index (χ4n) is 7.90. The number of nitrogens with two attached hydrogens (primary N) is 1. The quantitative estimate of drug-likeness (QED) is 0.108. The van der Waals surface area contributed by atoms with Crippen molar-refractivity contribution in [1.29, 1.82) is 0 Å². The van der Waals surface area contributed by atoms with Crippen LogP contribution in [-0.4, -0.2) is 104 Å². The van der Waals surface area contributed by atoms with Gasteiger partial charge in [0.25, 0.3) is 11.8 Å². The van der Waals surface area contributed by atoms with Gasteiger partial charge in [-0.3, -0.25) is 24.0 Å². The summed E-state index contributed by atoms with van der Waals surface area (Å²) in [7, 11) is 0. The van der Waals surface area contributed by atoms with Crippen LogP contribution in [0.5, 0.6) is 0 Å². The molecule has 0 spiro atoms. The number of hydrogen-bond donors (Lipinski definition) is 5. The fourth-order valence-corrected chi connectivity index (χ4v) is 7.90. The van der Waals surface area contributed by atoms with Gasteiger partial charge in [0.1, 0.15) is 0 Å². The van der Waals surface area contributed by atoms with Crippen molar-refractivity contribution in [2.45, 2.75) is 57.0 Å². The van der Waals surface area contributed by atoms with Crippen molar-refractivity contribution in [3.05, 3.63) is 131 Å². The van der Waals surface area contributed by atoms with Crippen LogP contribution >= 0.6 is 0 Å². The van der Waals surface area contributed by atoms with Crippen LogP contribution in [0.25, 0.3) is 11.1 Å². The Labute approximate surface area is 347 Å². The summed E-state index contributed by atoms with van der Waals surface area (Å²) >= 11 is 0. The second-order valence-electron chi connectivity index (χ2n) is 15.5. The molecule has 6 N–H and O–H groups in total. The molecule has 0 bridgehead atoms. The Hall–Kier alpha value is -5.85. The van der Waals surface area contributed by atoms with Gasteiger partial charge in [0.2, 0.25) is 17.7 Å². The molecule has 6 rings (SSSR count). The minimum absolute atomic E-state index is 0.0382. The molecule has 310 valence electrons. The third kappa shape index (κ3) is 12.6. The summed E-state index contributed by atoms with van der Waals surface area (Å²) in [5.41, 5.74) is 11.3. The smallest absolute Gasteiger partial charge is 0.251 e. The standard InChI is InChI=1S/C47H57N7O5/c48-44(38-14-8-3-9-15-38)47(59)54-29-27-49-30-41(54)33-53(28-25-35-12-6-2-7-13-35)43(56)32-52-46(58)40-22-18-37(19-23-40)36-16-20-39(21-17-36)45(57)51-31-42(55)50-26-24-34-10-4-1-5-11-34/h1-2,4-7,10-13,16-23,38,41,44,49H,3,8-9,14-15,24-33,48H2,(H,50,55)(H,51,57)(H,52,58)/t41-,44-/m0/s1. The molecule has 4 aromatic carbocycles. The van der Waals surface area contributed by atoms with Crippen LogP contribution in [0.3, 0.4) is 0 Å². The zero-order valence-corrected chi connectivity index (χ0v) is 33.7. The Morgan fingerprint density at radius 3 is 1.85 bits per heavy atom. The average molecular weight is 800 g/mol. The molecule has 1 aliphatic heterocycles. The van der Waals surface area contributed by atoms with E-state index in [9.17, 15) is 24.0 Å². The van der Waals surface area contributed by atoms with Crippen LogP contribution in [0.2, 0.25) is 0 Å². The van der Waals surface area contributed by atoms with Gasteiger partial charge in [-0.1, -0.05) is 104 Å². The largest absolute Gasteiger partial charge is 0.354 e. The minimum atomic E-state index is -0.539. The summed E-state index contributed by atoms with van der Waals surface area (Å²) < 4.78 is 0. The maximum atomic E-state index is 13.8. The summed E-state index contributed by atoms with van der Waals surface area (Å²) in [5.74, 6) is -1.06. The number of carbonyl (C=O) groups excluding carboxylic acids is 5. The van der Waals surface area contributed by atoms with Crippen LogP contribution in [-0.2, 0) is 27.2 Å². The number of nitrogens with zero attached hydrogens (tertiary/aromatic N) is 2. The van der Waals surface area contributed by atoms with Crippen molar-refractivity contribution in [3.63, 3.8) is 0 Å². The number of nitrogens with one attached hydrogen (secondary N) is 4. The lowest BCUT2D eigenvalue weighted by Gasteiger charge is -2.41. The molecule has 12 heteroatoms. The Morgan fingerprint density at radius 1 is 0.695 bits per heavy atom. The van der Waals surface area contributed by atoms with Gasteiger partial charge >= 0.3 is 0 Å². The van der Waals surface area contributed by atoms with Gasteiger partial charge in [0, 0.05) is 50.4 Å². The molecule has 0 radical (unpaired) electrons. The Kier molecular flexibility index (Phi) is 15.8. The second kappa shape index (κ2) is 21.8. The molecule has 2 atom stereocenters. The third-order valence-electron chi connectivity index (χ3n) is 11.4. The van der Waals surface area contributed by atoms with Gasteiger partial charge in [-0.05, 0) is 78.1 Å². The van der Waals surface area contributed by atoms with E-state index in [-0.39, 0.29) is 54.6 Å². The number of benzene rings is 4. The lowest BCUT2D eigenvalue weighted by atomic mass is 9.83. The van der Waals surface area contributed by atoms with E-state index in [4.69, 9.17) is 5.73 Å². The highest BCUT2D eigenvalue weighted by Crippen LogP contribution is 2.27. The maximum Gasteiger partial charge on any atom is 0.251 e. The molecule has 2 fully saturated rings. The topological polar surface area (TPSA) is 166 Å². The highest BCUT2D eigenvalue weighted by Gasteiger charge is 2.35. The van der Waals surface area contributed by atoms with E-state index in [0.29, 0.717) is 63.2 Å². The molecule has 1 saturated carbocycles. The number of hydrogen-bond acceptors (Lipinski definition) is 7. The third-order valence-corrected chi connectivity index (χ3v) is 11.4. The van der Waals surface area contributed by atoms with Gasteiger partial charge in [-0.2, -0.15) is 0 Å². The zero-order chi connectivity index (χ0) is 41.4. The predicted octanol–water partition coefficient (Wildman–Crippen LogP) is 3.95. The summed E-state index contributed by atoms with van der Waals surface area (Å²) in [5, 5.41) is 11.7. The molecule has 4 aromatic rings. The van der Waals surface area contributed by atoms with E-state index >= 15 is 0 Å². The first-order chi connectivity index (χ1) is 28.7. The highest BCUT2D eigenvalue weighted by atomic mass is 16.2. The van der Waals surface area contributed by atoms with Crippen LogP contribution in [0.4, 0.5) is 0 Å². The van der Waals surface area contributed by atoms with E-state index in [1.165, 1.54) is 6.42 Å². The number of amides is 5. The number of carbonyl (C=O) groups is 5. The normalized spacial score (nSPS) is 16.1. The van der Waals surface area contributed by atoms with Crippen molar-refractivity contribution in [2.24, 2.45) is 11.7 Å². The number of rotatable bonds is 17. The zero-order valence-electron chi connectivity index (χ0n) is 33.7. The number of piperazine rings is 1. The van der Waals surface area contributed by atoms with Gasteiger partial charge < -0.3 is 36.8 Å². The van der Waals surface area contributed by atoms with Crippen molar-refractivity contribution < 1.29 is 24.0 Å². The molecule has 12 nitrogen and oxygen atoms in total. The minimum Gasteiger partial charge on any atom is -0.354 e. The van der Waals surface area contributed by atoms with Gasteiger partial charge in [-0.25, -0.2) is 0 Å². The van der Waals surface area contributed by atoms with Gasteiger partial charge in [0.15, 0.2) is 0 Å².